The van der Waals surface area contributed by atoms with Gasteiger partial charge in [-0.3, -0.25) is 14.6 Å². The van der Waals surface area contributed by atoms with Crippen LogP contribution in [0.5, 0.6) is 0 Å². The molecule has 2 N–H and O–H groups in total. The third-order valence-corrected chi connectivity index (χ3v) is 6.47. The van der Waals surface area contributed by atoms with Crippen molar-refractivity contribution in [2.24, 2.45) is 0 Å². The Hall–Kier alpha value is -3.76. The van der Waals surface area contributed by atoms with E-state index in [0.717, 1.165) is 23.4 Å². The van der Waals surface area contributed by atoms with Gasteiger partial charge in [-0.1, -0.05) is 36.3 Å². The molecule has 1 aliphatic heterocycles. The Bertz CT molecular complexity index is 1220. The first kappa shape index (κ1) is 26.3. The summed E-state index contributed by atoms with van der Waals surface area (Å²) in [6.07, 6.45) is 0. The fourth-order valence-electron chi connectivity index (χ4n) is 4.44. The highest BCUT2D eigenvalue weighted by atomic mass is 16.5. The Kier molecular flexibility index (Phi) is 8.52. The molecule has 0 aliphatic carbocycles. The molecule has 0 saturated carbocycles. The Morgan fingerprint density at radius 2 is 1.78 bits per heavy atom. The van der Waals surface area contributed by atoms with Crippen LogP contribution in [0.1, 0.15) is 29.5 Å². The Morgan fingerprint density at radius 3 is 2.41 bits per heavy atom. The molecule has 0 unspecified atom stereocenters. The lowest BCUT2D eigenvalue weighted by atomic mass is 10.1. The summed E-state index contributed by atoms with van der Waals surface area (Å²) in [4.78, 5) is 32.3. The lowest BCUT2D eigenvalue weighted by Crippen LogP contribution is -2.48. The van der Waals surface area contributed by atoms with E-state index >= 15 is 0 Å². The van der Waals surface area contributed by atoms with Gasteiger partial charge in [0, 0.05) is 51.4 Å². The van der Waals surface area contributed by atoms with Gasteiger partial charge in [-0.2, -0.15) is 4.98 Å². The van der Waals surface area contributed by atoms with Crippen molar-refractivity contribution in [2.75, 3.05) is 44.7 Å². The van der Waals surface area contributed by atoms with Gasteiger partial charge in [0.1, 0.15) is 0 Å². The van der Waals surface area contributed by atoms with Crippen molar-refractivity contribution in [1.29, 1.82) is 0 Å². The minimum absolute atomic E-state index is 0.0610. The van der Waals surface area contributed by atoms with Crippen molar-refractivity contribution < 1.29 is 14.1 Å². The van der Waals surface area contributed by atoms with Crippen LogP contribution >= 0.6 is 0 Å². The highest BCUT2D eigenvalue weighted by Crippen LogP contribution is 2.27. The van der Waals surface area contributed by atoms with Gasteiger partial charge in [-0.25, -0.2) is 5.01 Å². The molecule has 0 saturated heterocycles. The third kappa shape index (κ3) is 6.52. The van der Waals surface area contributed by atoms with E-state index in [1.165, 1.54) is 11.1 Å². The van der Waals surface area contributed by atoms with Crippen molar-refractivity contribution in [1.82, 2.24) is 30.8 Å². The molecule has 2 aromatic carbocycles. The van der Waals surface area contributed by atoms with E-state index < -0.39 is 0 Å². The monoisotopic (exact) mass is 505 g/mol. The summed E-state index contributed by atoms with van der Waals surface area (Å²) in [5.74, 6) is 0.763. The number of carbonyl (C=O) groups excluding carboxylic acids is 2. The number of carbonyl (C=O) groups is 2. The van der Waals surface area contributed by atoms with Crippen LogP contribution in [0.15, 0.2) is 47.0 Å². The second-order valence-corrected chi connectivity index (χ2v) is 9.21. The van der Waals surface area contributed by atoms with Gasteiger partial charge in [0.2, 0.25) is 17.6 Å². The number of benzene rings is 2. The molecule has 0 bridgehead atoms. The summed E-state index contributed by atoms with van der Waals surface area (Å²) in [6.45, 7) is 9.26. The first-order valence-corrected chi connectivity index (χ1v) is 12.6. The second-order valence-electron chi connectivity index (χ2n) is 9.21. The predicted octanol–water partition coefficient (Wildman–Crippen LogP) is 2.27. The van der Waals surface area contributed by atoms with Crippen LogP contribution < -0.4 is 15.5 Å². The molecule has 4 rings (SSSR count). The molecule has 2 amide bonds. The van der Waals surface area contributed by atoms with Gasteiger partial charge in [0.25, 0.3) is 5.91 Å². The topological polar surface area (TPSA) is 107 Å². The van der Waals surface area contributed by atoms with E-state index in [-0.39, 0.29) is 24.9 Å². The molecule has 1 aliphatic rings. The largest absolute Gasteiger partial charge is 0.353 e. The van der Waals surface area contributed by atoms with E-state index in [2.05, 4.69) is 32.9 Å². The number of hydrogen-bond acceptors (Lipinski definition) is 8. The molecule has 2 heterocycles. The van der Waals surface area contributed by atoms with E-state index in [1.54, 1.807) is 19.0 Å². The number of aromatic nitrogens is 2. The van der Waals surface area contributed by atoms with Gasteiger partial charge in [0.05, 0.1) is 13.1 Å². The maximum Gasteiger partial charge on any atom is 0.256 e. The first-order chi connectivity index (χ1) is 17.9. The van der Waals surface area contributed by atoms with Gasteiger partial charge in [-0.15, -0.1) is 0 Å². The lowest BCUT2D eigenvalue weighted by Gasteiger charge is -2.32. The van der Waals surface area contributed by atoms with Crippen LogP contribution in [0.2, 0.25) is 0 Å². The summed E-state index contributed by atoms with van der Waals surface area (Å²) in [5, 5.41) is 13.8. The van der Waals surface area contributed by atoms with Crippen LogP contribution in [0, 0.1) is 13.8 Å². The fraction of sp³-hybridized carbons (Fsp3) is 0.407. The minimum Gasteiger partial charge on any atom is -0.353 e. The molecule has 196 valence electrons. The molecule has 0 fully saturated rings. The van der Waals surface area contributed by atoms with Crippen LogP contribution in [-0.4, -0.2) is 71.7 Å². The van der Waals surface area contributed by atoms with E-state index in [0.29, 0.717) is 37.9 Å². The van der Waals surface area contributed by atoms with Gasteiger partial charge in [-0.05, 0) is 48.4 Å². The molecule has 10 heteroatoms. The molecule has 0 spiro atoms. The smallest absolute Gasteiger partial charge is 0.256 e. The normalized spacial score (nSPS) is 12.9. The Morgan fingerprint density at radius 1 is 1.05 bits per heavy atom. The van der Waals surface area contributed by atoms with Crippen LogP contribution in [0.3, 0.4) is 0 Å². The van der Waals surface area contributed by atoms with Crippen LogP contribution in [0.4, 0.5) is 5.69 Å². The zero-order valence-electron chi connectivity index (χ0n) is 22.0. The van der Waals surface area contributed by atoms with Crippen molar-refractivity contribution >= 4 is 17.5 Å². The summed E-state index contributed by atoms with van der Waals surface area (Å²) in [6, 6.07) is 13.9. The average Bonchev–Trinajstić information content (AvgIpc) is 3.52. The number of anilines is 1. The summed E-state index contributed by atoms with van der Waals surface area (Å²) < 4.78 is 5.11. The van der Waals surface area contributed by atoms with Crippen molar-refractivity contribution in [3.63, 3.8) is 0 Å². The molecule has 0 radical (unpaired) electrons. The molecular weight excluding hydrogens is 470 g/mol. The van der Waals surface area contributed by atoms with Gasteiger partial charge in [0.15, 0.2) is 0 Å². The number of nitrogens with one attached hydrogen (secondary N) is 2. The second kappa shape index (κ2) is 12.0. The number of fused-ring (bicyclic) bond motifs is 1. The SMILES string of the molecule is CCNCCNC(=O)CN(CC(=O)N(C)N1Cc2ccccc2C1)c1ccc(-c2noc(C)n2)cc1C. The number of likely N-dealkylation sites (N-methyl/N-ethyl adjacent to an activating group) is 2. The predicted molar refractivity (Wildman–Crippen MR) is 141 cm³/mol. The van der Waals surface area contributed by atoms with Crippen molar-refractivity contribution in [3.05, 3.63) is 65.0 Å². The number of aryl methyl sites for hydroxylation is 2. The minimum atomic E-state index is -0.140. The summed E-state index contributed by atoms with van der Waals surface area (Å²) in [5.41, 5.74) is 4.97. The summed E-state index contributed by atoms with van der Waals surface area (Å²) in [7, 11) is 1.79. The lowest BCUT2D eigenvalue weighted by molar-refractivity contribution is -0.145. The Labute approximate surface area is 217 Å². The van der Waals surface area contributed by atoms with Gasteiger partial charge < -0.3 is 20.1 Å². The zero-order chi connectivity index (χ0) is 26.4. The molecule has 37 heavy (non-hydrogen) atoms. The number of nitrogens with zero attached hydrogens (tertiary/aromatic N) is 5. The fourth-order valence-corrected chi connectivity index (χ4v) is 4.44. The maximum absolute atomic E-state index is 13.4. The number of hydrazine groups is 1. The van der Waals surface area contributed by atoms with E-state index in [9.17, 15) is 9.59 Å². The number of hydrogen-bond donors (Lipinski definition) is 2. The van der Waals surface area contributed by atoms with Crippen molar-refractivity contribution in [3.8, 4) is 11.4 Å². The number of rotatable bonds is 11. The molecule has 3 aromatic rings. The first-order valence-electron chi connectivity index (χ1n) is 12.6. The average molecular weight is 506 g/mol. The molecule has 1 aromatic heterocycles. The quantitative estimate of drug-likeness (QED) is 0.382. The molecule has 10 nitrogen and oxygen atoms in total. The van der Waals surface area contributed by atoms with Gasteiger partial charge >= 0.3 is 0 Å². The van der Waals surface area contributed by atoms with Crippen LogP contribution in [0.25, 0.3) is 11.4 Å². The maximum atomic E-state index is 13.4. The Balaban J connectivity index is 1.50. The molecule has 0 atom stereocenters. The van der Waals surface area contributed by atoms with Crippen LogP contribution in [-0.2, 0) is 22.7 Å². The van der Waals surface area contributed by atoms with Crippen molar-refractivity contribution in [2.45, 2.75) is 33.9 Å². The standard InChI is InChI=1S/C27H35N7O3/c1-5-28-12-13-29-25(35)17-33(24-11-10-21(14-19(24)2)27-30-20(3)37-31-27)18-26(36)32(4)34-15-22-8-6-7-9-23(22)16-34/h6-11,14,28H,5,12-13,15-18H2,1-4H3,(H,29,35). The van der Waals surface area contributed by atoms with E-state index in [4.69, 9.17) is 4.52 Å². The molecular formula is C27H35N7O3. The highest BCUT2D eigenvalue weighted by Gasteiger charge is 2.27. The third-order valence-electron chi connectivity index (χ3n) is 6.47. The van der Waals surface area contributed by atoms with E-state index in [1.807, 2.05) is 54.1 Å². The highest BCUT2D eigenvalue weighted by molar-refractivity contribution is 5.87. The number of amides is 2. The summed E-state index contributed by atoms with van der Waals surface area (Å²) >= 11 is 0. The zero-order valence-corrected chi connectivity index (χ0v) is 22.0.